The van der Waals surface area contributed by atoms with Crippen LogP contribution in [-0.2, 0) is 19.1 Å². The number of nitriles is 1. The van der Waals surface area contributed by atoms with Gasteiger partial charge in [-0.25, -0.2) is 9.69 Å². The van der Waals surface area contributed by atoms with Crippen LogP contribution in [0.5, 0.6) is 0 Å². The number of ether oxygens (including phenoxy) is 1. The number of thioether (sulfide) groups is 1. The predicted octanol–water partition coefficient (Wildman–Crippen LogP) is 0.616. The lowest BCUT2D eigenvalue weighted by Gasteiger charge is -2.11. The molecule has 0 aromatic heterocycles. The molecule has 10 heteroatoms. The third-order valence-corrected chi connectivity index (χ3v) is 3.97. The summed E-state index contributed by atoms with van der Waals surface area (Å²) < 4.78 is 5.13. The van der Waals surface area contributed by atoms with E-state index < -0.39 is 23.9 Å². The molecule has 0 aliphatic rings. The van der Waals surface area contributed by atoms with Gasteiger partial charge in [0.05, 0.1) is 13.2 Å². The van der Waals surface area contributed by atoms with Crippen molar-refractivity contribution in [2.75, 3.05) is 24.7 Å². The second-order valence-electron chi connectivity index (χ2n) is 4.98. The van der Waals surface area contributed by atoms with Gasteiger partial charge in [-0.2, -0.15) is 17.0 Å². The van der Waals surface area contributed by atoms with Crippen molar-refractivity contribution in [3.05, 3.63) is 11.8 Å². The second-order valence-corrected chi connectivity index (χ2v) is 6.20. The quantitative estimate of drug-likeness (QED) is 0.182. The number of carboxylic acid groups (broad SMARTS) is 2. The summed E-state index contributed by atoms with van der Waals surface area (Å²) >= 11 is 1.63. The molecule has 0 aromatic carbocycles. The second kappa shape index (κ2) is 13.2. The molecule has 0 bridgehead atoms. The first-order chi connectivity index (χ1) is 11.8. The molecule has 0 fully saturated rings. The third kappa shape index (κ3) is 10.4. The van der Waals surface area contributed by atoms with E-state index in [-0.39, 0.29) is 12.3 Å². The number of carboxylic acids is 2. The lowest BCUT2D eigenvalue weighted by atomic mass is 10.2. The van der Waals surface area contributed by atoms with Gasteiger partial charge < -0.3 is 20.7 Å². The highest BCUT2D eigenvalue weighted by atomic mass is 32.2. The summed E-state index contributed by atoms with van der Waals surface area (Å²) in [4.78, 5) is 33.3. The monoisotopic (exact) mass is 373 g/mol. The zero-order chi connectivity index (χ0) is 19.2. The van der Waals surface area contributed by atoms with Gasteiger partial charge in [0.15, 0.2) is 6.19 Å². The van der Waals surface area contributed by atoms with Crippen LogP contribution in [-0.4, -0.2) is 63.7 Å². The van der Waals surface area contributed by atoms with Crippen LogP contribution in [0.4, 0.5) is 0 Å². The number of aliphatic carboxylic acids is 2. The van der Waals surface area contributed by atoms with E-state index in [0.29, 0.717) is 30.1 Å². The van der Waals surface area contributed by atoms with Crippen LogP contribution in [0.2, 0.25) is 0 Å². The number of amides is 1. The maximum absolute atomic E-state index is 11.2. The topological polar surface area (TPSA) is 154 Å². The fourth-order valence-corrected chi connectivity index (χ4v) is 2.50. The van der Waals surface area contributed by atoms with E-state index in [1.807, 2.05) is 0 Å². The number of hydrogen-bond donors (Lipinski definition) is 3. The summed E-state index contributed by atoms with van der Waals surface area (Å²) in [6.07, 6.45) is 4.90. The lowest BCUT2D eigenvalue weighted by molar-refractivity contribution is -0.140. The standard InChI is InChI=1S/C15H23N3O6S/c1-11(19)18(10-16)13(15(22)23)5-3-2-4-7-25-8-6-24-9-12(17)14(20)21/h5,12H,2-4,6-9,17H2,1H3,(H,20,21)(H,22,23)/b13-5-/t12-/m1/s1. The Hall–Kier alpha value is -2.09. The molecule has 0 heterocycles. The van der Waals surface area contributed by atoms with Gasteiger partial charge in [0.1, 0.15) is 11.7 Å². The van der Waals surface area contributed by atoms with Gasteiger partial charge in [-0.1, -0.05) is 6.08 Å². The van der Waals surface area contributed by atoms with E-state index in [1.165, 1.54) is 6.08 Å². The molecule has 0 spiro atoms. The average Bonchev–Trinajstić information content (AvgIpc) is 2.54. The molecule has 0 radical (unpaired) electrons. The highest BCUT2D eigenvalue weighted by molar-refractivity contribution is 7.99. The normalized spacial score (nSPS) is 12.3. The van der Waals surface area contributed by atoms with Crippen molar-refractivity contribution >= 4 is 29.6 Å². The molecule has 9 nitrogen and oxygen atoms in total. The zero-order valence-electron chi connectivity index (χ0n) is 14.0. The van der Waals surface area contributed by atoms with Gasteiger partial charge in [-0.3, -0.25) is 9.59 Å². The summed E-state index contributed by atoms with van der Waals surface area (Å²) in [7, 11) is 0. The number of allylic oxidation sites excluding steroid dienone is 1. The van der Waals surface area contributed by atoms with Gasteiger partial charge in [-0.15, -0.1) is 0 Å². The number of carbonyl (C=O) groups is 3. The Morgan fingerprint density at radius 2 is 2.00 bits per heavy atom. The molecule has 0 saturated carbocycles. The van der Waals surface area contributed by atoms with Gasteiger partial charge in [-0.05, 0) is 25.0 Å². The van der Waals surface area contributed by atoms with Crippen LogP contribution in [0.1, 0.15) is 26.2 Å². The zero-order valence-corrected chi connectivity index (χ0v) is 14.8. The molecule has 1 atom stereocenters. The Kier molecular flexibility index (Phi) is 12.1. The van der Waals surface area contributed by atoms with Crippen molar-refractivity contribution < 1.29 is 29.3 Å². The first kappa shape index (κ1) is 22.9. The first-order valence-corrected chi connectivity index (χ1v) is 8.74. The number of rotatable bonds is 13. The van der Waals surface area contributed by atoms with Crippen molar-refractivity contribution in [2.45, 2.75) is 32.2 Å². The molecular formula is C15H23N3O6S. The van der Waals surface area contributed by atoms with Crippen LogP contribution in [0.25, 0.3) is 0 Å². The molecule has 0 aliphatic carbocycles. The average molecular weight is 373 g/mol. The predicted molar refractivity (Wildman–Crippen MR) is 91.5 cm³/mol. The first-order valence-electron chi connectivity index (χ1n) is 7.59. The third-order valence-electron chi connectivity index (χ3n) is 2.94. The van der Waals surface area contributed by atoms with E-state index in [4.69, 9.17) is 25.9 Å². The van der Waals surface area contributed by atoms with Crippen LogP contribution >= 0.6 is 11.8 Å². The Balaban J connectivity index is 3.90. The molecule has 4 N–H and O–H groups in total. The van der Waals surface area contributed by atoms with Crippen molar-refractivity contribution in [3.63, 3.8) is 0 Å². The maximum Gasteiger partial charge on any atom is 0.353 e. The number of carbonyl (C=O) groups excluding carboxylic acids is 1. The fraction of sp³-hybridized carbons (Fsp3) is 0.600. The molecule has 0 aliphatic heterocycles. The highest BCUT2D eigenvalue weighted by Gasteiger charge is 2.19. The molecule has 140 valence electrons. The summed E-state index contributed by atoms with van der Waals surface area (Å²) in [5, 5.41) is 26.4. The van der Waals surface area contributed by atoms with Crippen LogP contribution < -0.4 is 5.73 Å². The summed E-state index contributed by atoms with van der Waals surface area (Å²) in [5.74, 6) is -1.52. The molecule has 0 aromatic rings. The minimum absolute atomic E-state index is 0.0236. The van der Waals surface area contributed by atoms with Crippen molar-refractivity contribution in [1.82, 2.24) is 4.90 Å². The number of unbranched alkanes of at least 4 members (excludes halogenated alkanes) is 2. The summed E-state index contributed by atoms with van der Waals surface area (Å²) in [6, 6.07) is -1.01. The smallest absolute Gasteiger partial charge is 0.353 e. The van der Waals surface area contributed by atoms with Gasteiger partial charge in [0, 0.05) is 12.7 Å². The molecule has 0 rings (SSSR count). The van der Waals surface area contributed by atoms with E-state index in [9.17, 15) is 14.4 Å². The van der Waals surface area contributed by atoms with Crippen molar-refractivity contribution in [2.24, 2.45) is 5.73 Å². The van der Waals surface area contributed by atoms with Crippen molar-refractivity contribution in [3.8, 4) is 6.19 Å². The van der Waals surface area contributed by atoms with Crippen LogP contribution in [0, 0.1) is 11.5 Å². The Morgan fingerprint density at radius 1 is 1.32 bits per heavy atom. The van der Waals surface area contributed by atoms with E-state index in [0.717, 1.165) is 19.1 Å². The number of nitrogens with zero attached hydrogens (tertiary/aromatic N) is 2. The summed E-state index contributed by atoms with van der Waals surface area (Å²) in [5.41, 5.74) is 4.96. The number of nitrogens with two attached hydrogens (primary N) is 1. The highest BCUT2D eigenvalue weighted by Crippen LogP contribution is 2.10. The molecule has 0 unspecified atom stereocenters. The summed E-state index contributed by atoms with van der Waals surface area (Å²) in [6.45, 7) is 1.51. The van der Waals surface area contributed by atoms with Crippen LogP contribution in [0.15, 0.2) is 11.8 Å². The molecule has 0 saturated heterocycles. The van der Waals surface area contributed by atoms with Gasteiger partial charge >= 0.3 is 11.9 Å². The Labute approximate surface area is 150 Å². The van der Waals surface area contributed by atoms with Crippen LogP contribution in [0.3, 0.4) is 0 Å². The Morgan fingerprint density at radius 3 is 2.52 bits per heavy atom. The maximum atomic E-state index is 11.2. The van der Waals surface area contributed by atoms with E-state index in [2.05, 4.69) is 0 Å². The van der Waals surface area contributed by atoms with E-state index in [1.54, 1.807) is 18.0 Å². The van der Waals surface area contributed by atoms with Gasteiger partial charge in [0.25, 0.3) is 0 Å². The number of hydrogen-bond acceptors (Lipinski definition) is 7. The lowest BCUT2D eigenvalue weighted by Crippen LogP contribution is -2.35. The minimum Gasteiger partial charge on any atom is -0.480 e. The fourth-order valence-electron chi connectivity index (χ4n) is 1.66. The van der Waals surface area contributed by atoms with E-state index >= 15 is 0 Å². The minimum atomic E-state index is -1.32. The SMILES string of the molecule is CC(=O)N(C#N)/C(=C\CCCCSCCOC[C@@H](N)C(=O)O)C(=O)O. The largest absolute Gasteiger partial charge is 0.480 e. The molecular weight excluding hydrogens is 350 g/mol. The Bertz CT molecular complexity index is 532. The van der Waals surface area contributed by atoms with Crippen molar-refractivity contribution in [1.29, 1.82) is 5.26 Å². The molecule has 25 heavy (non-hydrogen) atoms. The van der Waals surface area contributed by atoms with Gasteiger partial charge in [0.2, 0.25) is 5.91 Å². The molecule has 1 amide bonds.